The molecule has 5 amide bonds. The smallest absolute Gasteiger partial charge is 0.328 e. The second-order valence-electron chi connectivity index (χ2n) is 8.59. The third-order valence-electron chi connectivity index (χ3n) is 6.27. The van der Waals surface area contributed by atoms with Gasteiger partial charge >= 0.3 is 10.9 Å². The van der Waals surface area contributed by atoms with Crippen molar-refractivity contribution in [2.75, 3.05) is 11.9 Å². The number of imide groups is 3. The number of benzene rings is 2. The van der Waals surface area contributed by atoms with Crippen molar-refractivity contribution < 1.29 is 29.0 Å². The minimum absolute atomic E-state index is 0.117. The highest BCUT2D eigenvalue weighted by Gasteiger charge is 2.58. The van der Waals surface area contributed by atoms with Crippen LogP contribution in [0.3, 0.4) is 0 Å². The number of hydrogen-bond donors (Lipinski definition) is 3. The number of rotatable bonds is 6. The third-order valence-corrected chi connectivity index (χ3v) is 8.88. The fraction of sp³-hybridized carbons (Fsp3) is 0.240. The van der Waals surface area contributed by atoms with E-state index in [1.165, 1.54) is 10.6 Å². The van der Waals surface area contributed by atoms with Gasteiger partial charge in [-0.3, -0.25) is 23.7 Å². The number of para-hydroxylation sites is 1. The second kappa shape index (κ2) is 9.99. The summed E-state index contributed by atoms with van der Waals surface area (Å²) in [5.41, 5.74) is 6.41. The number of thioether (sulfide) groups is 1. The van der Waals surface area contributed by atoms with Gasteiger partial charge in [0.15, 0.2) is 11.5 Å². The first-order valence-electron chi connectivity index (χ1n) is 11.6. The molecule has 2 aromatic carbocycles. The number of ether oxygens (including phenoxy) is 1. The topological polar surface area (TPSA) is 161 Å². The van der Waals surface area contributed by atoms with Gasteiger partial charge in [0.25, 0.3) is 5.91 Å². The zero-order chi connectivity index (χ0) is 27.1. The molecule has 0 bridgehead atoms. The van der Waals surface area contributed by atoms with Gasteiger partial charge in [-0.15, -0.1) is 0 Å². The molecule has 1 saturated heterocycles. The van der Waals surface area contributed by atoms with Gasteiger partial charge in [-0.25, -0.2) is 4.79 Å². The lowest BCUT2D eigenvalue weighted by Crippen LogP contribution is -2.41. The number of phenolic OH excluding ortho intramolecular Hbond substituents is 1. The van der Waals surface area contributed by atoms with Crippen LogP contribution in [0.15, 0.2) is 58.4 Å². The van der Waals surface area contributed by atoms with Gasteiger partial charge in [-0.2, -0.15) is 4.90 Å². The van der Waals surface area contributed by atoms with Crippen molar-refractivity contribution >= 4 is 52.5 Å². The van der Waals surface area contributed by atoms with Gasteiger partial charge in [-0.1, -0.05) is 47.4 Å². The molecule has 38 heavy (non-hydrogen) atoms. The number of aromatic hydroxyl groups is 1. The van der Waals surface area contributed by atoms with Gasteiger partial charge in [0.2, 0.25) is 11.8 Å². The van der Waals surface area contributed by atoms with E-state index >= 15 is 0 Å². The molecule has 2 aliphatic rings. The molecule has 1 fully saturated rings. The standard InChI is InChI=1S/C25H22N4O7S2/c1-2-36-15-10-12(8-9-14(15)30)17-18-19(22(33)29(21(18)32)24(26)34)37-23-20(17)38-25(35)28(23)11-16(31)27-13-6-4-3-5-7-13/h3-10,17-19,30H,2,11H2,1H3,(H2,26,34)(H,27,31). The molecule has 2 aliphatic heterocycles. The van der Waals surface area contributed by atoms with Crippen molar-refractivity contribution in [3.8, 4) is 11.5 Å². The fourth-order valence-electron chi connectivity index (χ4n) is 4.69. The van der Waals surface area contributed by atoms with Gasteiger partial charge in [0.1, 0.15) is 11.8 Å². The Kier molecular flexibility index (Phi) is 6.71. The zero-order valence-electron chi connectivity index (χ0n) is 20.0. The molecule has 11 nitrogen and oxygen atoms in total. The summed E-state index contributed by atoms with van der Waals surface area (Å²) in [5, 5.41) is 12.2. The van der Waals surface area contributed by atoms with Crippen molar-refractivity contribution in [3.63, 3.8) is 0 Å². The van der Waals surface area contributed by atoms with Crippen LogP contribution in [0.1, 0.15) is 23.3 Å². The maximum Gasteiger partial charge on any atom is 0.328 e. The van der Waals surface area contributed by atoms with E-state index in [9.17, 15) is 29.1 Å². The number of hydrogen-bond acceptors (Lipinski definition) is 9. The van der Waals surface area contributed by atoms with Crippen LogP contribution in [0.2, 0.25) is 0 Å². The highest BCUT2D eigenvalue weighted by atomic mass is 32.2. The molecule has 5 rings (SSSR count). The van der Waals surface area contributed by atoms with Crippen LogP contribution in [-0.2, 0) is 20.9 Å². The quantitative estimate of drug-likeness (QED) is 0.391. The predicted octanol–water partition coefficient (Wildman–Crippen LogP) is 2.32. The lowest BCUT2D eigenvalue weighted by atomic mass is 9.83. The molecular weight excluding hydrogens is 532 g/mol. The van der Waals surface area contributed by atoms with E-state index in [-0.39, 0.29) is 24.7 Å². The van der Waals surface area contributed by atoms with E-state index in [4.69, 9.17) is 10.5 Å². The first-order chi connectivity index (χ1) is 18.2. The Labute approximate surface area is 224 Å². The predicted molar refractivity (Wildman–Crippen MR) is 139 cm³/mol. The van der Waals surface area contributed by atoms with Crippen LogP contribution in [0.5, 0.6) is 11.5 Å². The molecule has 13 heteroatoms. The maximum absolute atomic E-state index is 13.3. The summed E-state index contributed by atoms with van der Waals surface area (Å²) in [4.78, 5) is 64.8. The van der Waals surface area contributed by atoms with Crippen molar-refractivity contribution in [1.82, 2.24) is 9.47 Å². The summed E-state index contributed by atoms with van der Waals surface area (Å²) >= 11 is 1.82. The van der Waals surface area contributed by atoms with E-state index in [0.29, 0.717) is 26.1 Å². The highest BCUT2D eigenvalue weighted by Crippen LogP contribution is 2.53. The Morgan fingerprint density at radius 1 is 1.11 bits per heavy atom. The number of thiazole rings is 1. The fourth-order valence-corrected chi connectivity index (χ4v) is 7.47. The normalized spacial score (nSPS) is 20.1. The third kappa shape index (κ3) is 4.33. The van der Waals surface area contributed by atoms with E-state index < -0.39 is 45.7 Å². The monoisotopic (exact) mass is 554 g/mol. The Morgan fingerprint density at radius 2 is 1.84 bits per heavy atom. The highest BCUT2D eigenvalue weighted by molar-refractivity contribution is 8.00. The minimum Gasteiger partial charge on any atom is -0.504 e. The molecule has 196 valence electrons. The average Bonchev–Trinajstić information content (AvgIpc) is 3.32. The van der Waals surface area contributed by atoms with Gasteiger partial charge < -0.3 is 20.9 Å². The number of urea groups is 1. The number of phenols is 1. The number of primary amides is 1. The molecule has 4 N–H and O–H groups in total. The van der Waals surface area contributed by atoms with Gasteiger partial charge in [-0.05, 0) is 36.8 Å². The first kappa shape index (κ1) is 25.5. The molecular formula is C25H22N4O7S2. The molecule has 3 unspecified atom stereocenters. The Bertz CT molecular complexity index is 1520. The van der Waals surface area contributed by atoms with Crippen molar-refractivity contribution in [2.45, 2.75) is 29.7 Å². The molecule has 0 radical (unpaired) electrons. The van der Waals surface area contributed by atoms with Crippen molar-refractivity contribution in [2.24, 2.45) is 11.7 Å². The van der Waals surface area contributed by atoms with Crippen LogP contribution in [0.25, 0.3) is 0 Å². The van der Waals surface area contributed by atoms with Crippen molar-refractivity contribution in [3.05, 3.63) is 68.6 Å². The number of carbonyl (C=O) groups excluding carboxylic acids is 4. The number of amides is 5. The Hall–Kier alpha value is -4.10. The van der Waals surface area contributed by atoms with Crippen molar-refractivity contribution in [1.29, 1.82) is 0 Å². The maximum atomic E-state index is 13.3. The molecule has 0 spiro atoms. The van der Waals surface area contributed by atoms with E-state index in [1.807, 2.05) is 0 Å². The lowest BCUT2D eigenvalue weighted by Gasteiger charge is -2.31. The number of fused-ring (bicyclic) bond motifs is 2. The zero-order valence-corrected chi connectivity index (χ0v) is 21.6. The van der Waals surface area contributed by atoms with E-state index in [2.05, 4.69) is 5.32 Å². The summed E-state index contributed by atoms with van der Waals surface area (Å²) in [6.45, 7) is 1.69. The number of anilines is 1. The summed E-state index contributed by atoms with van der Waals surface area (Å²) in [5.74, 6) is -3.81. The van der Waals surface area contributed by atoms with Crippen LogP contribution in [0.4, 0.5) is 10.5 Å². The molecule has 3 aromatic rings. The molecule has 3 heterocycles. The van der Waals surface area contributed by atoms with Gasteiger partial charge in [0, 0.05) is 16.5 Å². The summed E-state index contributed by atoms with van der Waals surface area (Å²) in [7, 11) is 0. The Balaban J connectivity index is 1.60. The Morgan fingerprint density at radius 3 is 2.53 bits per heavy atom. The first-order valence-corrected chi connectivity index (χ1v) is 13.3. The van der Waals surface area contributed by atoms with Crippen LogP contribution in [-0.4, -0.2) is 50.2 Å². The number of likely N-dealkylation sites (tertiary alicyclic amines) is 1. The number of carbonyl (C=O) groups is 4. The number of nitrogens with two attached hydrogens (primary N) is 1. The number of nitrogens with one attached hydrogen (secondary N) is 1. The molecule has 0 aliphatic carbocycles. The summed E-state index contributed by atoms with van der Waals surface area (Å²) in [6.07, 6.45) is 0. The number of aromatic nitrogens is 1. The number of nitrogens with zero attached hydrogens (tertiary/aromatic N) is 2. The van der Waals surface area contributed by atoms with Crippen LogP contribution in [0, 0.1) is 5.92 Å². The largest absolute Gasteiger partial charge is 0.504 e. The van der Waals surface area contributed by atoms with E-state index in [1.54, 1.807) is 49.4 Å². The minimum atomic E-state index is -1.18. The summed E-state index contributed by atoms with van der Waals surface area (Å²) < 4.78 is 6.77. The molecule has 0 saturated carbocycles. The second-order valence-corrected chi connectivity index (χ2v) is 10.7. The van der Waals surface area contributed by atoms with Crippen LogP contribution < -0.4 is 20.7 Å². The lowest BCUT2D eigenvalue weighted by molar-refractivity contribution is -0.135. The average molecular weight is 555 g/mol. The SMILES string of the molecule is CCOc1cc(C2c3sc(=O)n(CC(=O)Nc4ccccc4)c3SC3C(=O)N(C(N)=O)C(=O)C32)ccc1O. The van der Waals surface area contributed by atoms with E-state index in [0.717, 1.165) is 23.1 Å². The molecule has 1 aromatic heterocycles. The van der Waals surface area contributed by atoms with Crippen LogP contribution >= 0.6 is 23.1 Å². The summed E-state index contributed by atoms with van der Waals surface area (Å²) in [6, 6.07) is 12.1. The van der Waals surface area contributed by atoms with Gasteiger partial charge in [0.05, 0.1) is 17.6 Å². The molecule has 3 atom stereocenters.